The summed E-state index contributed by atoms with van der Waals surface area (Å²) in [6.07, 6.45) is 7.37. The maximum atomic E-state index is 12.2. The molecule has 0 atom stereocenters. The fraction of sp³-hybridized carbons (Fsp3) is 0.696. The number of piperidine rings is 2. The van der Waals surface area contributed by atoms with Crippen LogP contribution in [0.5, 0.6) is 0 Å². The van der Waals surface area contributed by atoms with Crippen molar-refractivity contribution < 1.29 is 14.3 Å². The first kappa shape index (κ1) is 21.3. The number of hydrogen-bond donors (Lipinski definition) is 0. The molecule has 0 radical (unpaired) electrons. The number of nitrogens with zero attached hydrogens (tertiary/aromatic N) is 2. The lowest BCUT2D eigenvalue weighted by atomic mass is 9.90. The van der Waals surface area contributed by atoms with Crippen LogP contribution in [0.15, 0.2) is 24.3 Å². The first-order valence-corrected chi connectivity index (χ1v) is 10.9. The van der Waals surface area contributed by atoms with Gasteiger partial charge in [0.25, 0.3) is 0 Å². The van der Waals surface area contributed by atoms with Crippen LogP contribution in [0.1, 0.15) is 43.2 Å². The highest BCUT2D eigenvalue weighted by molar-refractivity contribution is 5.77. The SMILES string of the molecule is COCCOCC(=O)N1CCC(Cc2ccc(CN3CCCCC3)cc2)CC1. The van der Waals surface area contributed by atoms with Crippen LogP contribution in [-0.4, -0.2) is 68.8 Å². The van der Waals surface area contributed by atoms with Gasteiger partial charge in [0.05, 0.1) is 13.2 Å². The van der Waals surface area contributed by atoms with Gasteiger partial charge in [-0.1, -0.05) is 30.7 Å². The van der Waals surface area contributed by atoms with Crippen LogP contribution in [-0.2, 0) is 27.2 Å². The van der Waals surface area contributed by atoms with Gasteiger partial charge in [0.1, 0.15) is 6.61 Å². The molecule has 28 heavy (non-hydrogen) atoms. The number of methoxy groups -OCH3 is 1. The van der Waals surface area contributed by atoms with Crippen LogP contribution < -0.4 is 0 Å². The van der Waals surface area contributed by atoms with E-state index in [1.54, 1.807) is 7.11 Å². The third-order valence-corrected chi connectivity index (χ3v) is 6.03. The van der Waals surface area contributed by atoms with Gasteiger partial charge in [-0.05, 0) is 62.2 Å². The average Bonchev–Trinajstić information content (AvgIpc) is 2.74. The second-order valence-electron chi connectivity index (χ2n) is 8.23. The van der Waals surface area contributed by atoms with Crippen molar-refractivity contribution in [3.63, 3.8) is 0 Å². The molecule has 2 heterocycles. The van der Waals surface area contributed by atoms with Crippen molar-refractivity contribution in [2.75, 3.05) is 53.1 Å². The van der Waals surface area contributed by atoms with Gasteiger partial charge >= 0.3 is 0 Å². The molecule has 2 aliphatic heterocycles. The number of likely N-dealkylation sites (tertiary alicyclic amines) is 2. The molecule has 2 aliphatic rings. The van der Waals surface area contributed by atoms with Crippen LogP contribution in [0, 0.1) is 5.92 Å². The first-order valence-electron chi connectivity index (χ1n) is 10.9. The molecule has 0 unspecified atom stereocenters. The van der Waals surface area contributed by atoms with Crippen LogP contribution in [0.2, 0.25) is 0 Å². The summed E-state index contributed by atoms with van der Waals surface area (Å²) in [5.74, 6) is 0.781. The molecular formula is C23H36N2O3. The molecule has 0 N–H and O–H groups in total. The van der Waals surface area contributed by atoms with Gasteiger partial charge in [0.2, 0.25) is 5.91 Å². The Bertz CT molecular complexity index is 576. The maximum Gasteiger partial charge on any atom is 0.248 e. The fourth-order valence-electron chi connectivity index (χ4n) is 4.27. The fourth-order valence-corrected chi connectivity index (χ4v) is 4.27. The largest absolute Gasteiger partial charge is 0.382 e. The van der Waals surface area contributed by atoms with E-state index in [4.69, 9.17) is 9.47 Å². The topological polar surface area (TPSA) is 42.0 Å². The monoisotopic (exact) mass is 388 g/mol. The summed E-state index contributed by atoms with van der Waals surface area (Å²) in [4.78, 5) is 16.7. The molecule has 0 spiro atoms. The van der Waals surface area contributed by atoms with E-state index in [0.717, 1.165) is 38.9 Å². The number of ether oxygens (including phenoxy) is 2. The van der Waals surface area contributed by atoms with Crippen molar-refractivity contribution in [2.45, 2.75) is 45.1 Å². The van der Waals surface area contributed by atoms with E-state index in [1.165, 1.54) is 43.5 Å². The van der Waals surface area contributed by atoms with Crippen molar-refractivity contribution in [3.8, 4) is 0 Å². The lowest BCUT2D eigenvalue weighted by Gasteiger charge is -2.32. The molecular weight excluding hydrogens is 352 g/mol. The molecule has 5 nitrogen and oxygen atoms in total. The number of benzene rings is 1. The zero-order valence-corrected chi connectivity index (χ0v) is 17.4. The summed E-state index contributed by atoms with van der Waals surface area (Å²) >= 11 is 0. The zero-order chi connectivity index (χ0) is 19.6. The molecule has 1 aromatic rings. The summed E-state index contributed by atoms with van der Waals surface area (Å²) in [6, 6.07) is 9.22. The molecule has 1 amide bonds. The Kier molecular flexibility index (Phi) is 8.77. The Morgan fingerprint density at radius 1 is 0.964 bits per heavy atom. The van der Waals surface area contributed by atoms with Gasteiger partial charge in [-0.2, -0.15) is 0 Å². The molecule has 2 fully saturated rings. The second-order valence-corrected chi connectivity index (χ2v) is 8.23. The van der Waals surface area contributed by atoms with Gasteiger partial charge in [0.15, 0.2) is 0 Å². The van der Waals surface area contributed by atoms with E-state index in [1.807, 2.05) is 4.90 Å². The number of carbonyl (C=O) groups is 1. The smallest absolute Gasteiger partial charge is 0.248 e. The lowest BCUT2D eigenvalue weighted by Crippen LogP contribution is -2.40. The summed E-state index contributed by atoms with van der Waals surface area (Å²) in [5.41, 5.74) is 2.86. The molecule has 0 bridgehead atoms. The molecule has 5 heteroatoms. The van der Waals surface area contributed by atoms with Crippen molar-refractivity contribution in [1.29, 1.82) is 0 Å². The summed E-state index contributed by atoms with van der Waals surface area (Å²) in [6.45, 7) is 6.47. The van der Waals surface area contributed by atoms with E-state index < -0.39 is 0 Å². The van der Waals surface area contributed by atoms with Crippen LogP contribution in [0.25, 0.3) is 0 Å². The number of carbonyl (C=O) groups excluding carboxylic acids is 1. The van der Waals surface area contributed by atoms with Crippen LogP contribution in [0.3, 0.4) is 0 Å². The third kappa shape index (κ3) is 6.87. The molecule has 1 aromatic carbocycles. The van der Waals surface area contributed by atoms with Gasteiger partial charge in [0, 0.05) is 26.7 Å². The Morgan fingerprint density at radius 3 is 2.32 bits per heavy atom. The van der Waals surface area contributed by atoms with E-state index in [9.17, 15) is 4.79 Å². The number of hydrogen-bond acceptors (Lipinski definition) is 4. The van der Waals surface area contributed by atoms with Crippen molar-refractivity contribution >= 4 is 5.91 Å². The Morgan fingerprint density at radius 2 is 1.64 bits per heavy atom. The first-order chi connectivity index (χ1) is 13.7. The third-order valence-electron chi connectivity index (χ3n) is 6.03. The van der Waals surface area contributed by atoms with Crippen molar-refractivity contribution in [3.05, 3.63) is 35.4 Å². The lowest BCUT2D eigenvalue weighted by molar-refractivity contribution is -0.137. The quantitative estimate of drug-likeness (QED) is 0.610. The summed E-state index contributed by atoms with van der Waals surface area (Å²) < 4.78 is 10.3. The minimum Gasteiger partial charge on any atom is -0.382 e. The highest BCUT2D eigenvalue weighted by atomic mass is 16.5. The molecule has 0 aromatic heterocycles. The maximum absolute atomic E-state index is 12.2. The van der Waals surface area contributed by atoms with E-state index in [0.29, 0.717) is 19.1 Å². The van der Waals surface area contributed by atoms with Gasteiger partial charge in [-0.3, -0.25) is 9.69 Å². The van der Waals surface area contributed by atoms with Gasteiger partial charge < -0.3 is 14.4 Å². The van der Waals surface area contributed by atoms with Crippen molar-refractivity contribution in [1.82, 2.24) is 9.80 Å². The second kappa shape index (κ2) is 11.5. The molecule has 2 saturated heterocycles. The molecule has 3 rings (SSSR count). The summed E-state index contributed by atoms with van der Waals surface area (Å²) in [5, 5.41) is 0. The minimum atomic E-state index is 0.108. The predicted octanol–water partition coefficient (Wildman–Crippen LogP) is 3.12. The Labute approximate surface area is 170 Å². The van der Waals surface area contributed by atoms with Gasteiger partial charge in [-0.15, -0.1) is 0 Å². The van der Waals surface area contributed by atoms with Crippen molar-refractivity contribution in [2.24, 2.45) is 5.92 Å². The summed E-state index contributed by atoms with van der Waals surface area (Å²) in [7, 11) is 1.64. The van der Waals surface area contributed by atoms with E-state index >= 15 is 0 Å². The standard InChI is InChI=1S/C23H36N2O3/c1-27-15-16-28-19-23(26)25-13-9-21(10-14-25)17-20-5-7-22(8-6-20)18-24-11-3-2-4-12-24/h5-8,21H,2-4,9-19H2,1H3. The van der Waals surface area contributed by atoms with Crippen LogP contribution >= 0.6 is 0 Å². The Balaban J connectivity index is 1.36. The molecule has 0 saturated carbocycles. The predicted molar refractivity (Wildman–Crippen MR) is 111 cm³/mol. The molecule has 156 valence electrons. The Hall–Kier alpha value is -1.43. The highest BCUT2D eigenvalue weighted by Gasteiger charge is 2.23. The normalized spacial score (nSPS) is 19.1. The average molecular weight is 389 g/mol. The van der Waals surface area contributed by atoms with E-state index in [2.05, 4.69) is 29.2 Å². The number of amides is 1. The van der Waals surface area contributed by atoms with Gasteiger partial charge in [-0.25, -0.2) is 0 Å². The zero-order valence-electron chi connectivity index (χ0n) is 17.4. The van der Waals surface area contributed by atoms with E-state index in [-0.39, 0.29) is 12.5 Å². The number of rotatable bonds is 9. The van der Waals surface area contributed by atoms with Crippen LogP contribution in [0.4, 0.5) is 0 Å². The molecule has 0 aliphatic carbocycles. The highest BCUT2D eigenvalue weighted by Crippen LogP contribution is 2.22. The minimum absolute atomic E-state index is 0.108.